The van der Waals surface area contributed by atoms with Gasteiger partial charge >= 0.3 is 0 Å². The molecule has 0 spiro atoms. The Bertz CT molecular complexity index is 691. The molecular weight excluding hydrogens is 272 g/mol. The first kappa shape index (κ1) is 13.4. The molecule has 0 saturated heterocycles. The first-order valence-electron chi connectivity index (χ1n) is 6.56. The van der Waals surface area contributed by atoms with E-state index in [1.165, 1.54) is 0 Å². The smallest absolute Gasteiger partial charge is 0.245 e. The topological polar surface area (TPSA) is 92.3 Å². The normalized spacial score (nSPS) is 15.5. The molecule has 3 rings (SSSR count). The molecule has 0 radical (unpaired) electrons. The number of primary amides is 1. The van der Waals surface area contributed by atoms with Gasteiger partial charge in [-0.1, -0.05) is 5.21 Å². The van der Waals surface area contributed by atoms with E-state index in [2.05, 4.69) is 10.3 Å². The molecule has 7 heteroatoms. The van der Waals surface area contributed by atoms with Crippen LogP contribution < -0.4 is 15.2 Å². The minimum atomic E-state index is -0.693. The van der Waals surface area contributed by atoms with Gasteiger partial charge < -0.3 is 15.2 Å². The third-order valence-electron chi connectivity index (χ3n) is 3.79. The van der Waals surface area contributed by atoms with Gasteiger partial charge in [0.15, 0.2) is 11.5 Å². The predicted octanol–water partition coefficient (Wildman–Crippen LogP) is 0.937. The molecule has 0 bridgehead atoms. The van der Waals surface area contributed by atoms with Crippen molar-refractivity contribution >= 4 is 5.91 Å². The Morgan fingerprint density at radius 3 is 2.57 bits per heavy atom. The molecule has 0 aliphatic heterocycles. The highest BCUT2D eigenvalue weighted by Gasteiger charge is 2.51. The van der Waals surface area contributed by atoms with Crippen LogP contribution in [0.25, 0.3) is 11.3 Å². The van der Waals surface area contributed by atoms with Crippen LogP contribution in [-0.2, 0) is 10.3 Å². The molecule has 7 nitrogen and oxygen atoms in total. The van der Waals surface area contributed by atoms with Crippen LogP contribution in [0.5, 0.6) is 11.5 Å². The number of aromatic nitrogens is 3. The molecule has 1 aliphatic rings. The number of carbonyl (C=O) groups excluding carboxylic acids is 1. The largest absolute Gasteiger partial charge is 0.493 e. The highest BCUT2D eigenvalue weighted by molar-refractivity contribution is 5.85. The van der Waals surface area contributed by atoms with E-state index >= 15 is 0 Å². The molecule has 0 unspecified atom stereocenters. The molecule has 0 atom stereocenters. The van der Waals surface area contributed by atoms with Gasteiger partial charge in [-0.25, -0.2) is 4.68 Å². The van der Waals surface area contributed by atoms with Crippen LogP contribution in [-0.4, -0.2) is 35.1 Å². The molecule has 1 heterocycles. The van der Waals surface area contributed by atoms with Gasteiger partial charge in [0.25, 0.3) is 0 Å². The molecule has 1 aromatic heterocycles. The molecule has 1 aromatic carbocycles. The molecule has 1 aliphatic carbocycles. The lowest BCUT2D eigenvalue weighted by Gasteiger charge is -2.09. The summed E-state index contributed by atoms with van der Waals surface area (Å²) in [5.41, 5.74) is 6.23. The van der Waals surface area contributed by atoms with Crippen LogP contribution in [0.4, 0.5) is 0 Å². The number of hydrogen-bond donors (Lipinski definition) is 1. The Morgan fingerprint density at radius 1 is 1.29 bits per heavy atom. The van der Waals surface area contributed by atoms with E-state index in [4.69, 9.17) is 15.2 Å². The van der Waals surface area contributed by atoms with Gasteiger partial charge in [0.05, 0.1) is 20.4 Å². The fourth-order valence-corrected chi connectivity index (χ4v) is 2.31. The third kappa shape index (κ3) is 2.10. The third-order valence-corrected chi connectivity index (χ3v) is 3.79. The molecule has 1 fully saturated rings. The summed E-state index contributed by atoms with van der Waals surface area (Å²) in [4.78, 5) is 11.5. The summed E-state index contributed by atoms with van der Waals surface area (Å²) in [5.74, 6) is 0.885. The SMILES string of the molecule is COc1ccc(-c2cn(C3(C(N)=O)CC3)nn2)cc1OC. The summed E-state index contributed by atoms with van der Waals surface area (Å²) in [6.07, 6.45) is 3.15. The Kier molecular flexibility index (Phi) is 3.04. The zero-order valence-corrected chi connectivity index (χ0v) is 11.9. The summed E-state index contributed by atoms with van der Waals surface area (Å²) in [5, 5.41) is 8.15. The van der Waals surface area contributed by atoms with Gasteiger partial charge in [-0.05, 0) is 31.0 Å². The number of rotatable bonds is 5. The second-order valence-corrected chi connectivity index (χ2v) is 5.01. The first-order chi connectivity index (χ1) is 10.1. The molecular formula is C14H16N4O3. The number of ether oxygens (including phenoxy) is 2. The van der Waals surface area contributed by atoms with Gasteiger partial charge in [0.1, 0.15) is 11.2 Å². The number of hydrogen-bond acceptors (Lipinski definition) is 5. The van der Waals surface area contributed by atoms with E-state index in [0.29, 0.717) is 30.0 Å². The van der Waals surface area contributed by atoms with Gasteiger partial charge in [-0.3, -0.25) is 4.79 Å². The monoisotopic (exact) mass is 288 g/mol. The number of carbonyl (C=O) groups is 1. The maximum absolute atomic E-state index is 11.5. The van der Waals surface area contributed by atoms with Crippen LogP contribution in [0.2, 0.25) is 0 Å². The molecule has 1 saturated carbocycles. The van der Waals surface area contributed by atoms with E-state index in [1.807, 2.05) is 12.1 Å². The average molecular weight is 288 g/mol. The zero-order chi connectivity index (χ0) is 15.0. The van der Waals surface area contributed by atoms with E-state index in [9.17, 15) is 4.79 Å². The number of nitrogens with zero attached hydrogens (tertiary/aromatic N) is 3. The van der Waals surface area contributed by atoms with Crippen molar-refractivity contribution in [3.63, 3.8) is 0 Å². The standard InChI is InChI=1S/C14H16N4O3/c1-20-11-4-3-9(7-12(11)21-2)10-8-18(17-16-10)14(5-6-14)13(15)19/h3-4,7-8H,5-6H2,1-2H3,(H2,15,19). The molecule has 1 amide bonds. The van der Waals surface area contributed by atoms with Gasteiger partial charge in [0.2, 0.25) is 5.91 Å². The van der Waals surface area contributed by atoms with Crippen molar-refractivity contribution in [1.82, 2.24) is 15.0 Å². The van der Waals surface area contributed by atoms with Crippen molar-refractivity contribution in [2.45, 2.75) is 18.4 Å². The zero-order valence-electron chi connectivity index (χ0n) is 11.9. The minimum absolute atomic E-state index is 0.369. The van der Waals surface area contributed by atoms with Crippen molar-refractivity contribution in [3.8, 4) is 22.8 Å². The van der Waals surface area contributed by atoms with Crippen LogP contribution in [0.15, 0.2) is 24.4 Å². The second-order valence-electron chi connectivity index (χ2n) is 5.01. The first-order valence-corrected chi connectivity index (χ1v) is 6.56. The fraction of sp³-hybridized carbons (Fsp3) is 0.357. The van der Waals surface area contributed by atoms with E-state index in [0.717, 1.165) is 5.56 Å². The molecule has 2 N–H and O–H groups in total. The van der Waals surface area contributed by atoms with Crippen molar-refractivity contribution in [2.24, 2.45) is 5.73 Å². The quantitative estimate of drug-likeness (QED) is 0.883. The maximum atomic E-state index is 11.5. The molecule has 110 valence electrons. The number of amides is 1. The van der Waals surface area contributed by atoms with E-state index in [-0.39, 0.29) is 5.91 Å². The number of nitrogens with two attached hydrogens (primary N) is 1. The lowest BCUT2D eigenvalue weighted by atomic mass is 10.1. The Balaban J connectivity index is 1.95. The van der Waals surface area contributed by atoms with Crippen molar-refractivity contribution < 1.29 is 14.3 Å². The van der Waals surface area contributed by atoms with Crippen LogP contribution >= 0.6 is 0 Å². The summed E-state index contributed by atoms with van der Waals surface area (Å²) in [7, 11) is 3.16. The van der Waals surface area contributed by atoms with Crippen LogP contribution in [0.1, 0.15) is 12.8 Å². The van der Waals surface area contributed by atoms with Crippen LogP contribution in [0.3, 0.4) is 0 Å². The van der Waals surface area contributed by atoms with E-state index in [1.54, 1.807) is 31.2 Å². The van der Waals surface area contributed by atoms with E-state index < -0.39 is 5.54 Å². The summed E-state index contributed by atoms with van der Waals surface area (Å²) in [6.45, 7) is 0. The van der Waals surface area contributed by atoms with Crippen molar-refractivity contribution in [3.05, 3.63) is 24.4 Å². The second kappa shape index (κ2) is 4.76. The van der Waals surface area contributed by atoms with Crippen molar-refractivity contribution in [2.75, 3.05) is 14.2 Å². The van der Waals surface area contributed by atoms with Gasteiger partial charge in [-0.2, -0.15) is 0 Å². The summed E-state index contributed by atoms with van der Waals surface area (Å²) in [6, 6.07) is 5.48. The molecule has 21 heavy (non-hydrogen) atoms. The lowest BCUT2D eigenvalue weighted by Crippen LogP contribution is -2.34. The highest BCUT2D eigenvalue weighted by Crippen LogP contribution is 2.43. The molecule has 2 aromatic rings. The minimum Gasteiger partial charge on any atom is -0.493 e. The van der Waals surface area contributed by atoms with Gasteiger partial charge in [0, 0.05) is 5.56 Å². The highest BCUT2D eigenvalue weighted by atomic mass is 16.5. The number of benzene rings is 1. The Labute approximate surface area is 121 Å². The Hall–Kier alpha value is -2.57. The van der Waals surface area contributed by atoms with Gasteiger partial charge in [-0.15, -0.1) is 5.10 Å². The fourth-order valence-electron chi connectivity index (χ4n) is 2.31. The number of methoxy groups -OCH3 is 2. The van der Waals surface area contributed by atoms with Crippen molar-refractivity contribution in [1.29, 1.82) is 0 Å². The predicted molar refractivity (Wildman–Crippen MR) is 75.0 cm³/mol. The van der Waals surface area contributed by atoms with Crippen LogP contribution in [0, 0.1) is 0 Å². The average Bonchev–Trinajstić information content (AvgIpc) is 3.18. The maximum Gasteiger partial charge on any atom is 0.245 e. The summed E-state index contributed by atoms with van der Waals surface area (Å²) >= 11 is 0. The Morgan fingerprint density at radius 2 is 2.00 bits per heavy atom. The lowest BCUT2D eigenvalue weighted by molar-refractivity contribution is -0.122. The summed E-state index contributed by atoms with van der Waals surface area (Å²) < 4.78 is 12.0.